The molecular formula is C20H10Cl4N2O2. The second-order valence-electron chi connectivity index (χ2n) is 5.90. The number of rotatable bonds is 3. The van der Waals surface area contributed by atoms with E-state index in [1.54, 1.807) is 48.5 Å². The van der Waals surface area contributed by atoms with Crippen LogP contribution in [-0.4, -0.2) is 10.9 Å². The topological polar surface area (TPSA) is 55.1 Å². The van der Waals surface area contributed by atoms with Crippen LogP contribution in [0.1, 0.15) is 10.4 Å². The summed E-state index contributed by atoms with van der Waals surface area (Å²) in [5.41, 5.74) is 2.56. The van der Waals surface area contributed by atoms with Gasteiger partial charge in [-0.15, -0.1) is 0 Å². The summed E-state index contributed by atoms with van der Waals surface area (Å²) in [7, 11) is 0. The second kappa shape index (κ2) is 7.64. The van der Waals surface area contributed by atoms with Gasteiger partial charge in [0, 0.05) is 15.7 Å². The molecule has 0 aliphatic rings. The summed E-state index contributed by atoms with van der Waals surface area (Å²) in [5.74, 6) is -0.0191. The molecule has 0 aliphatic carbocycles. The normalized spacial score (nSPS) is 11.0. The first-order valence-corrected chi connectivity index (χ1v) is 9.54. The SMILES string of the molecule is O=C(Nc1ccc2oc(-c3ccc(Cl)cc3Cl)nc2c1)c1cc(Cl)ccc1Cl. The molecule has 8 heteroatoms. The molecule has 0 radical (unpaired) electrons. The van der Waals surface area contributed by atoms with Gasteiger partial charge in [-0.25, -0.2) is 4.98 Å². The number of nitrogens with zero attached hydrogens (tertiary/aromatic N) is 1. The third-order valence-electron chi connectivity index (χ3n) is 3.98. The van der Waals surface area contributed by atoms with Crippen LogP contribution in [0.5, 0.6) is 0 Å². The van der Waals surface area contributed by atoms with Crippen LogP contribution < -0.4 is 5.32 Å². The van der Waals surface area contributed by atoms with Crippen molar-refractivity contribution in [3.8, 4) is 11.5 Å². The third-order valence-corrected chi connectivity index (χ3v) is 5.09. The molecule has 0 aliphatic heterocycles. The first-order valence-electron chi connectivity index (χ1n) is 8.03. The molecule has 3 aromatic carbocycles. The van der Waals surface area contributed by atoms with E-state index in [1.807, 2.05) is 0 Å². The Kier molecular flexibility index (Phi) is 5.21. The zero-order chi connectivity index (χ0) is 19.8. The minimum atomic E-state index is -0.378. The number of halogens is 4. The minimum absolute atomic E-state index is 0.281. The maximum Gasteiger partial charge on any atom is 0.257 e. The summed E-state index contributed by atoms with van der Waals surface area (Å²) in [5, 5.41) is 4.47. The van der Waals surface area contributed by atoms with Crippen molar-refractivity contribution in [1.82, 2.24) is 4.98 Å². The Balaban J connectivity index is 1.65. The summed E-state index contributed by atoms with van der Waals surface area (Å²) in [6.07, 6.45) is 0. The standard InChI is InChI=1S/C20H10Cl4N2O2/c21-10-2-5-15(23)14(7-10)19(27)25-12-3-6-18-17(9-12)26-20(28-18)13-4-1-11(22)8-16(13)24/h1-9H,(H,25,27). The van der Waals surface area contributed by atoms with E-state index < -0.39 is 0 Å². The lowest BCUT2D eigenvalue weighted by molar-refractivity contribution is 0.102. The second-order valence-corrected chi connectivity index (χ2v) is 7.59. The predicted molar refractivity (Wildman–Crippen MR) is 114 cm³/mol. The van der Waals surface area contributed by atoms with Gasteiger partial charge in [0.25, 0.3) is 5.91 Å². The molecule has 4 rings (SSSR count). The molecule has 28 heavy (non-hydrogen) atoms. The Morgan fingerprint density at radius 1 is 0.857 bits per heavy atom. The van der Waals surface area contributed by atoms with Crippen LogP contribution in [0.25, 0.3) is 22.6 Å². The fourth-order valence-corrected chi connectivity index (χ4v) is 3.52. The zero-order valence-corrected chi connectivity index (χ0v) is 17.0. The van der Waals surface area contributed by atoms with Gasteiger partial charge in [-0.2, -0.15) is 0 Å². The molecule has 0 bridgehead atoms. The zero-order valence-electron chi connectivity index (χ0n) is 14.0. The molecule has 0 spiro atoms. The molecule has 0 atom stereocenters. The maximum absolute atomic E-state index is 12.5. The predicted octanol–water partition coefficient (Wildman–Crippen LogP) is 7.36. The van der Waals surface area contributed by atoms with Crippen molar-refractivity contribution in [2.75, 3.05) is 5.32 Å². The van der Waals surface area contributed by atoms with E-state index in [2.05, 4.69) is 10.3 Å². The first-order chi connectivity index (χ1) is 13.4. The van der Waals surface area contributed by atoms with Gasteiger partial charge < -0.3 is 9.73 Å². The lowest BCUT2D eigenvalue weighted by atomic mass is 10.2. The van der Waals surface area contributed by atoms with Crippen LogP contribution in [-0.2, 0) is 0 Å². The van der Waals surface area contributed by atoms with Crippen molar-refractivity contribution >= 4 is 69.1 Å². The van der Waals surface area contributed by atoms with Gasteiger partial charge in [-0.05, 0) is 54.6 Å². The monoisotopic (exact) mass is 450 g/mol. The number of anilines is 1. The Morgan fingerprint density at radius 3 is 2.39 bits per heavy atom. The fraction of sp³-hybridized carbons (Fsp3) is 0. The largest absolute Gasteiger partial charge is 0.436 e. The molecule has 0 fully saturated rings. The lowest BCUT2D eigenvalue weighted by Gasteiger charge is -2.07. The molecule has 1 N–H and O–H groups in total. The summed E-state index contributed by atoms with van der Waals surface area (Å²) in [6, 6.07) is 14.9. The Bertz CT molecular complexity index is 1220. The molecule has 1 heterocycles. The summed E-state index contributed by atoms with van der Waals surface area (Å²) in [4.78, 5) is 17.0. The van der Waals surface area contributed by atoms with E-state index in [-0.39, 0.29) is 11.5 Å². The van der Waals surface area contributed by atoms with Gasteiger partial charge in [0.2, 0.25) is 5.89 Å². The minimum Gasteiger partial charge on any atom is -0.436 e. The van der Waals surface area contributed by atoms with E-state index in [1.165, 1.54) is 6.07 Å². The number of benzene rings is 3. The number of hydrogen-bond acceptors (Lipinski definition) is 3. The van der Waals surface area contributed by atoms with Crippen molar-refractivity contribution in [2.45, 2.75) is 0 Å². The van der Waals surface area contributed by atoms with Crippen molar-refractivity contribution in [1.29, 1.82) is 0 Å². The van der Waals surface area contributed by atoms with Crippen molar-refractivity contribution in [3.05, 3.63) is 80.3 Å². The summed E-state index contributed by atoms with van der Waals surface area (Å²) < 4.78 is 5.76. The van der Waals surface area contributed by atoms with Crippen LogP contribution in [0.15, 0.2) is 59.0 Å². The highest BCUT2D eigenvalue weighted by molar-refractivity contribution is 6.37. The maximum atomic E-state index is 12.5. The quantitative estimate of drug-likeness (QED) is 0.354. The summed E-state index contributed by atoms with van der Waals surface area (Å²) in [6.45, 7) is 0. The Morgan fingerprint density at radius 2 is 1.61 bits per heavy atom. The van der Waals surface area contributed by atoms with Crippen molar-refractivity contribution in [3.63, 3.8) is 0 Å². The van der Waals surface area contributed by atoms with Crippen LogP contribution >= 0.6 is 46.4 Å². The highest BCUT2D eigenvalue weighted by Crippen LogP contribution is 2.32. The van der Waals surface area contributed by atoms with Crippen LogP contribution in [0.3, 0.4) is 0 Å². The Labute approximate surface area is 180 Å². The molecule has 1 aromatic heterocycles. The van der Waals surface area contributed by atoms with Gasteiger partial charge >= 0.3 is 0 Å². The number of carbonyl (C=O) groups excluding carboxylic acids is 1. The number of carbonyl (C=O) groups is 1. The van der Waals surface area contributed by atoms with Gasteiger partial charge in [0.15, 0.2) is 5.58 Å². The van der Waals surface area contributed by atoms with Crippen LogP contribution in [0.4, 0.5) is 5.69 Å². The summed E-state index contributed by atoms with van der Waals surface area (Å²) >= 11 is 24.2. The van der Waals surface area contributed by atoms with Gasteiger partial charge in [0.1, 0.15) is 5.52 Å². The smallest absolute Gasteiger partial charge is 0.257 e. The molecule has 4 nitrogen and oxygen atoms in total. The molecule has 0 unspecified atom stereocenters. The van der Waals surface area contributed by atoms with Gasteiger partial charge in [-0.3, -0.25) is 4.79 Å². The molecule has 4 aromatic rings. The number of amides is 1. The molecule has 0 saturated carbocycles. The van der Waals surface area contributed by atoms with Crippen LogP contribution in [0, 0.1) is 0 Å². The molecule has 0 saturated heterocycles. The van der Waals surface area contributed by atoms with Gasteiger partial charge in [-0.1, -0.05) is 46.4 Å². The lowest BCUT2D eigenvalue weighted by Crippen LogP contribution is -2.12. The number of nitrogens with one attached hydrogen (secondary N) is 1. The molecule has 140 valence electrons. The highest BCUT2D eigenvalue weighted by Gasteiger charge is 2.15. The van der Waals surface area contributed by atoms with E-state index in [4.69, 9.17) is 50.8 Å². The average molecular weight is 452 g/mol. The molecular weight excluding hydrogens is 442 g/mol. The van der Waals surface area contributed by atoms with Gasteiger partial charge in [0.05, 0.1) is 21.2 Å². The number of hydrogen-bond donors (Lipinski definition) is 1. The van der Waals surface area contributed by atoms with E-state index in [0.29, 0.717) is 48.3 Å². The number of fused-ring (bicyclic) bond motifs is 1. The fourth-order valence-electron chi connectivity index (χ4n) is 2.65. The van der Waals surface area contributed by atoms with Crippen molar-refractivity contribution < 1.29 is 9.21 Å². The third kappa shape index (κ3) is 3.82. The van der Waals surface area contributed by atoms with E-state index in [9.17, 15) is 4.79 Å². The van der Waals surface area contributed by atoms with E-state index >= 15 is 0 Å². The number of aromatic nitrogens is 1. The van der Waals surface area contributed by atoms with E-state index in [0.717, 1.165) is 0 Å². The van der Waals surface area contributed by atoms with Crippen LogP contribution in [0.2, 0.25) is 20.1 Å². The number of oxazole rings is 1. The average Bonchev–Trinajstić information content (AvgIpc) is 3.06. The van der Waals surface area contributed by atoms with Crippen molar-refractivity contribution in [2.24, 2.45) is 0 Å². The highest BCUT2D eigenvalue weighted by atomic mass is 35.5. The Hall–Kier alpha value is -2.24. The molecule has 1 amide bonds. The first kappa shape index (κ1) is 19.1.